The largest absolute Gasteiger partial charge is 0.405 e. The van der Waals surface area contributed by atoms with Crippen molar-refractivity contribution >= 4 is 11.6 Å². The van der Waals surface area contributed by atoms with Crippen molar-refractivity contribution in [2.75, 3.05) is 17.2 Å². The lowest BCUT2D eigenvalue weighted by Gasteiger charge is -2.25. The molecule has 1 fully saturated rings. The molecule has 100 valence electrons. The summed E-state index contributed by atoms with van der Waals surface area (Å²) in [7, 11) is 0. The fourth-order valence-corrected chi connectivity index (χ4v) is 1.63. The molecular weight excluding hydrogens is 257 g/mol. The van der Waals surface area contributed by atoms with Gasteiger partial charge in [0.2, 0.25) is 0 Å². The first-order valence-electron chi connectivity index (χ1n) is 5.23. The van der Waals surface area contributed by atoms with Crippen LogP contribution in [0.3, 0.4) is 0 Å². The molecule has 0 saturated heterocycles. The molecule has 0 amide bonds. The van der Waals surface area contributed by atoms with Crippen LogP contribution in [0.5, 0.6) is 0 Å². The minimum atomic E-state index is -4.49. The van der Waals surface area contributed by atoms with Gasteiger partial charge < -0.3 is 10.6 Å². The molecule has 1 aromatic heterocycles. The van der Waals surface area contributed by atoms with Crippen LogP contribution in [-0.2, 0) is 0 Å². The first-order chi connectivity index (χ1) is 8.28. The first kappa shape index (κ1) is 12.8. The van der Waals surface area contributed by atoms with Gasteiger partial charge in [-0.3, -0.25) is 0 Å². The van der Waals surface area contributed by atoms with Crippen molar-refractivity contribution < 1.29 is 22.0 Å². The molecule has 1 aliphatic rings. The highest BCUT2D eigenvalue weighted by Crippen LogP contribution is 2.35. The fourth-order valence-electron chi connectivity index (χ4n) is 1.63. The molecule has 1 aliphatic carbocycles. The molecule has 8 heteroatoms. The molecular formula is C10H10F5N3. The SMILES string of the molecule is Nc1nc(N(CC(F)(F)F)C2CC2)c(F)cc1F. The summed E-state index contributed by atoms with van der Waals surface area (Å²) in [4.78, 5) is 4.15. The van der Waals surface area contributed by atoms with E-state index in [1.165, 1.54) is 0 Å². The Morgan fingerprint density at radius 1 is 1.28 bits per heavy atom. The molecule has 1 heterocycles. The van der Waals surface area contributed by atoms with Crippen LogP contribution in [0.4, 0.5) is 33.6 Å². The van der Waals surface area contributed by atoms with E-state index in [1.54, 1.807) is 0 Å². The van der Waals surface area contributed by atoms with Crippen molar-refractivity contribution in [2.45, 2.75) is 25.1 Å². The van der Waals surface area contributed by atoms with Crippen LogP contribution in [0.15, 0.2) is 6.07 Å². The van der Waals surface area contributed by atoms with Gasteiger partial charge in [0.15, 0.2) is 23.3 Å². The third-order valence-corrected chi connectivity index (χ3v) is 2.55. The Morgan fingerprint density at radius 2 is 1.89 bits per heavy atom. The van der Waals surface area contributed by atoms with Gasteiger partial charge >= 0.3 is 6.18 Å². The van der Waals surface area contributed by atoms with Crippen molar-refractivity contribution in [3.63, 3.8) is 0 Å². The van der Waals surface area contributed by atoms with E-state index < -0.39 is 42.0 Å². The minimum absolute atomic E-state index is 0.418. The average Bonchev–Trinajstić information content (AvgIpc) is 3.02. The smallest absolute Gasteiger partial charge is 0.381 e. The maximum absolute atomic E-state index is 13.5. The number of halogens is 5. The fraction of sp³-hybridized carbons (Fsp3) is 0.500. The summed E-state index contributed by atoms with van der Waals surface area (Å²) >= 11 is 0. The van der Waals surface area contributed by atoms with Gasteiger partial charge in [0.1, 0.15) is 6.54 Å². The van der Waals surface area contributed by atoms with Crippen molar-refractivity contribution in [1.29, 1.82) is 0 Å². The number of nitrogens with two attached hydrogens (primary N) is 1. The summed E-state index contributed by atoms with van der Waals surface area (Å²) in [5.41, 5.74) is 5.15. The van der Waals surface area contributed by atoms with E-state index >= 15 is 0 Å². The molecule has 18 heavy (non-hydrogen) atoms. The monoisotopic (exact) mass is 267 g/mol. The molecule has 2 rings (SSSR count). The summed E-state index contributed by atoms with van der Waals surface area (Å²) in [6, 6.07) is 0.0298. The Balaban J connectivity index is 2.34. The number of hydrogen-bond donors (Lipinski definition) is 1. The summed E-state index contributed by atoms with van der Waals surface area (Å²) in [6.07, 6.45) is -3.44. The lowest BCUT2D eigenvalue weighted by atomic mass is 10.3. The summed E-state index contributed by atoms with van der Waals surface area (Å²) < 4.78 is 63.6. The minimum Gasteiger partial charge on any atom is -0.381 e. The molecule has 3 nitrogen and oxygen atoms in total. The number of aromatic nitrogens is 1. The van der Waals surface area contributed by atoms with Crippen molar-refractivity contribution in [1.82, 2.24) is 4.98 Å². The van der Waals surface area contributed by atoms with E-state index in [4.69, 9.17) is 5.73 Å². The van der Waals surface area contributed by atoms with E-state index in [1.807, 2.05) is 0 Å². The zero-order valence-corrected chi connectivity index (χ0v) is 9.14. The number of rotatable bonds is 3. The summed E-state index contributed by atoms with van der Waals surface area (Å²) in [6.45, 7) is -1.33. The van der Waals surface area contributed by atoms with Gasteiger partial charge in [-0.2, -0.15) is 13.2 Å². The van der Waals surface area contributed by atoms with E-state index in [-0.39, 0.29) is 0 Å². The molecule has 0 bridgehead atoms. The molecule has 0 unspecified atom stereocenters. The van der Waals surface area contributed by atoms with Crippen LogP contribution in [0.1, 0.15) is 12.8 Å². The third kappa shape index (κ3) is 2.80. The van der Waals surface area contributed by atoms with Gasteiger partial charge in [-0.25, -0.2) is 13.8 Å². The number of alkyl halides is 3. The van der Waals surface area contributed by atoms with Gasteiger partial charge in [0, 0.05) is 12.1 Å². The zero-order valence-electron chi connectivity index (χ0n) is 9.14. The number of pyridine rings is 1. The molecule has 0 atom stereocenters. The van der Waals surface area contributed by atoms with Gasteiger partial charge in [-0.1, -0.05) is 0 Å². The zero-order chi connectivity index (χ0) is 13.5. The van der Waals surface area contributed by atoms with Crippen LogP contribution in [-0.4, -0.2) is 23.7 Å². The number of anilines is 2. The van der Waals surface area contributed by atoms with Crippen LogP contribution >= 0.6 is 0 Å². The lowest BCUT2D eigenvalue weighted by molar-refractivity contribution is -0.120. The maximum atomic E-state index is 13.5. The van der Waals surface area contributed by atoms with Gasteiger partial charge in [-0.05, 0) is 12.8 Å². The molecule has 0 radical (unpaired) electrons. The Bertz CT molecular complexity index is 456. The highest BCUT2D eigenvalue weighted by molar-refractivity contribution is 5.49. The molecule has 1 aromatic rings. The van der Waals surface area contributed by atoms with Crippen molar-refractivity contribution in [2.24, 2.45) is 0 Å². The third-order valence-electron chi connectivity index (χ3n) is 2.55. The Kier molecular flexibility index (Phi) is 3.04. The second kappa shape index (κ2) is 4.25. The molecule has 0 spiro atoms. The highest BCUT2D eigenvalue weighted by Gasteiger charge is 2.40. The average molecular weight is 267 g/mol. The number of nitrogen functional groups attached to an aromatic ring is 1. The summed E-state index contributed by atoms with van der Waals surface area (Å²) in [5.74, 6) is -3.38. The number of hydrogen-bond acceptors (Lipinski definition) is 3. The van der Waals surface area contributed by atoms with Gasteiger partial charge in [-0.15, -0.1) is 0 Å². The predicted molar refractivity (Wildman–Crippen MR) is 55.0 cm³/mol. The van der Waals surface area contributed by atoms with Gasteiger partial charge in [0.05, 0.1) is 0 Å². The Labute approximate surface area is 99.4 Å². The Hall–Kier alpha value is -1.60. The van der Waals surface area contributed by atoms with Crippen molar-refractivity contribution in [3.05, 3.63) is 17.7 Å². The number of nitrogens with zero attached hydrogens (tertiary/aromatic N) is 2. The lowest BCUT2D eigenvalue weighted by Crippen LogP contribution is -2.37. The molecule has 0 aliphatic heterocycles. The highest BCUT2D eigenvalue weighted by atomic mass is 19.4. The van der Waals surface area contributed by atoms with Crippen LogP contribution in [0.2, 0.25) is 0 Å². The van der Waals surface area contributed by atoms with Crippen LogP contribution in [0, 0.1) is 11.6 Å². The topological polar surface area (TPSA) is 42.1 Å². The van der Waals surface area contributed by atoms with Gasteiger partial charge in [0.25, 0.3) is 0 Å². The predicted octanol–water partition coefficient (Wildman–Crippen LogP) is 2.47. The maximum Gasteiger partial charge on any atom is 0.405 e. The Morgan fingerprint density at radius 3 is 2.39 bits per heavy atom. The van der Waals surface area contributed by atoms with Crippen LogP contribution in [0.25, 0.3) is 0 Å². The second-order valence-corrected chi connectivity index (χ2v) is 4.14. The quantitative estimate of drug-likeness (QED) is 0.855. The van der Waals surface area contributed by atoms with E-state index in [9.17, 15) is 22.0 Å². The van der Waals surface area contributed by atoms with E-state index in [2.05, 4.69) is 4.98 Å². The van der Waals surface area contributed by atoms with E-state index in [0.29, 0.717) is 18.9 Å². The normalized spacial score (nSPS) is 15.8. The standard InChI is InChI=1S/C10H10F5N3/c11-6-3-7(12)9(17-8(6)16)18(5-1-2-5)4-10(13,14)15/h3,5H,1-2,4H2,(H2,16,17). The summed E-state index contributed by atoms with van der Waals surface area (Å²) in [5, 5.41) is 0. The molecule has 0 aromatic carbocycles. The van der Waals surface area contributed by atoms with Crippen molar-refractivity contribution in [3.8, 4) is 0 Å². The molecule has 1 saturated carbocycles. The van der Waals surface area contributed by atoms with E-state index in [0.717, 1.165) is 4.90 Å². The second-order valence-electron chi connectivity index (χ2n) is 4.14. The first-order valence-corrected chi connectivity index (χ1v) is 5.23. The molecule has 2 N–H and O–H groups in total. The van der Waals surface area contributed by atoms with Crippen LogP contribution < -0.4 is 10.6 Å².